The van der Waals surface area contributed by atoms with Crippen LogP contribution in [0.15, 0.2) is 48.8 Å². The van der Waals surface area contributed by atoms with Crippen molar-refractivity contribution in [3.63, 3.8) is 0 Å². The molecule has 1 aromatic carbocycles. The molecule has 0 aliphatic rings. The molecule has 2 heterocycles. The Morgan fingerprint density at radius 1 is 1.03 bits per heavy atom. The highest BCUT2D eigenvalue weighted by Crippen LogP contribution is 2.18. The van der Waals surface area contributed by atoms with Gasteiger partial charge in [-0.05, 0) is 43.5 Å². The Kier molecular flexibility index (Phi) is 8.15. The van der Waals surface area contributed by atoms with E-state index in [0.717, 1.165) is 49.2 Å². The van der Waals surface area contributed by atoms with Gasteiger partial charge in [0.25, 0.3) is 5.91 Å². The molecular weight excluding hydrogens is 390 g/mol. The molecule has 7 heteroatoms. The molecule has 0 saturated heterocycles. The number of aromatic nitrogens is 3. The van der Waals surface area contributed by atoms with Crippen LogP contribution in [0.2, 0.25) is 0 Å². The zero-order valence-corrected chi connectivity index (χ0v) is 18.4. The summed E-state index contributed by atoms with van der Waals surface area (Å²) in [4.78, 5) is 35.8. The van der Waals surface area contributed by atoms with Gasteiger partial charge in [0.05, 0.1) is 11.0 Å². The van der Waals surface area contributed by atoms with Crippen LogP contribution in [0, 0.1) is 0 Å². The summed E-state index contributed by atoms with van der Waals surface area (Å²) in [6, 6.07) is 11.3. The van der Waals surface area contributed by atoms with Crippen LogP contribution < -0.4 is 5.32 Å². The monoisotopic (exact) mass is 421 g/mol. The molecule has 0 bridgehead atoms. The van der Waals surface area contributed by atoms with Crippen LogP contribution in [-0.2, 0) is 17.8 Å². The summed E-state index contributed by atoms with van der Waals surface area (Å²) in [7, 11) is 0. The number of rotatable bonds is 11. The second-order valence-electron chi connectivity index (χ2n) is 7.58. The maximum absolute atomic E-state index is 13.0. The molecule has 7 nitrogen and oxygen atoms in total. The van der Waals surface area contributed by atoms with Crippen LogP contribution in [0.4, 0.5) is 0 Å². The zero-order chi connectivity index (χ0) is 22.1. The number of carbonyl (C=O) groups excluding carboxylic acids is 2. The lowest BCUT2D eigenvalue weighted by molar-refractivity contribution is -0.131. The van der Waals surface area contributed by atoms with Crippen LogP contribution in [0.1, 0.15) is 49.3 Å². The topological polar surface area (TPSA) is 80.1 Å². The number of hydrogen-bond donors (Lipinski definition) is 1. The first-order valence-electron chi connectivity index (χ1n) is 11.0. The predicted molar refractivity (Wildman–Crippen MR) is 122 cm³/mol. The summed E-state index contributed by atoms with van der Waals surface area (Å²) < 4.78 is 2.03. The summed E-state index contributed by atoms with van der Waals surface area (Å²) in [5, 5.41) is 2.94. The Labute approximate surface area is 183 Å². The van der Waals surface area contributed by atoms with Crippen molar-refractivity contribution in [1.29, 1.82) is 0 Å². The first kappa shape index (κ1) is 22.5. The first-order chi connectivity index (χ1) is 15.1. The minimum Gasteiger partial charge on any atom is -0.352 e. The van der Waals surface area contributed by atoms with Crippen molar-refractivity contribution in [2.75, 3.05) is 19.6 Å². The maximum Gasteiger partial charge on any atom is 0.251 e. The Balaban J connectivity index is 1.67. The largest absolute Gasteiger partial charge is 0.352 e. The summed E-state index contributed by atoms with van der Waals surface area (Å²) in [5.41, 5.74) is 2.46. The molecule has 0 spiro atoms. The third-order valence-electron chi connectivity index (χ3n) is 5.17. The van der Waals surface area contributed by atoms with E-state index < -0.39 is 0 Å². The number of nitrogens with one attached hydrogen (secondary N) is 1. The second-order valence-corrected chi connectivity index (χ2v) is 7.58. The number of hydrogen-bond acceptors (Lipinski definition) is 4. The average molecular weight is 422 g/mol. The van der Waals surface area contributed by atoms with Gasteiger partial charge in [0, 0.05) is 44.0 Å². The van der Waals surface area contributed by atoms with Crippen molar-refractivity contribution in [1.82, 2.24) is 24.8 Å². The molecule has 0 fully saturated rings. The Hall–Kier alpha value is -3.22. The van der Waals surface area contributed by atoms with E-state index in [1.807, 2.05) is 33.7 Å². The molecule has 0 unspecified atom stereocenters. The van der Waals surface area contributed by atoms with E-state index in [4.69, 9.17) is 4.98 Å². The number of aryl methyl sites for hydroxylation is 1. The molecule has 0 saturated carbocycles. The van der Waals surface area contributed by atoms with E-state index in [1.165, 1.54) is 0 Å². The molecule has 3 aromatic rings. The van der Waals surface area contributed by atoms with Gasteiger partial charge in [-0.3, -0.25) is 14.6 Å². The van der Waals surface area contributed by atoms with Crippen molar-refractivity contribution in [3.05, 3.63) is 60.2 Å². The standard InChI is InChI=1S/C24H31N5O2/c1-3-16-28(17-4-2)23(30)18-29-21-9-6-5-8-20(21)27-22(29)10-7-13-26-24(31)19-11-14-25-15-12-19/h5-6,8-9,11-12,14-15H,3-4,7,10,13,16-18H2,1-2H3,(H,26,31). The summed E-state index contributed by atoms with van der Waals surface area (Å²) in [6.45, 7) is 6.56. The van der Waals surface area contributed by atoms with E-state index in [0.29, 0.717) is 25.1 Å². The lowest BCUT2D eigenvalue weighted by Gasteiger charge is -2.22. The van der Waals surface area contributed by atoms with Crippen LogP contribution in [0.25, 0.3) is 11.0 Å². The Morgan fingerprint density at radius 3 is 2.45 bits per heavy atom. The van der Waals surface area contributed by atoms with Gasteiger partial charge in [0.15, 0.2) is 0 Å². The van der Waals surface area contributed by atoms with Gasteiger partial charge in [-0.2, -0.15) is 0 Å². The third kappa shape index (κ3) is 5.90. The number of carbonyl (C=O) groups is 2. The quantitative estimate of drug-likeness (QED) is 0.481. The molecule has 0 atom stereocenters. The van der Waals surface area contributed by atoms with Crippen LogP contribution in [-0.4, -0.2) is 50.9 Å². The Bertz CT molecular complexity index is 994. The fourth-order valence-corrected chi connectivity index (χ4v) is 3.68. The van der Waals surface area contributed by atoms with Crippen molar-refractivity contribution in [2.24, 2.45) is 0 Å². The fraction of sp³-hybridized carbons (Fsp3) is 0.417. The number of benzene rings is 1. The molecular formula is C24H31N5O2. The van der Waals surface area contributed by atoms with Gasteiger partial charge in [0.1, 0.15) is 12.4 Å². The summed E-state index contributed by atoms with van der Waals surface area (Å²) in [6.07, 6.45) is 6.52. The minimum atomic E-state index is -0.110. The van der Waals surface area contributed by atoms with Crippen LogP contribution >= 0.6 is 0 Å². The van der Waals surface area contributed by atoms with E-state index in [2.05, 4.69) is 24.1 Å². The number of imidazole rings is 1. The molecule has 164 valence electrons. The fourth-order valence-electron chi connectivity index (χ4n) is 3.68. The van der Waals surface area contributed by atoms with Gasteiger partial charge in [0.2, 0.25) is 5.91 Å². The van der Waals surface area contributed by atoms with Gasteiger partial charge >= 0.3 is 0 Å². The number of pyridine rings is 1. The van der Waals surface area contributed by atoms with Crippen molar-refractivity contribution in [3.8, 4) is 0 Å². The highest BCUT2D eigenvalue weighted by molar-refractivity contribution is 5.93. The molecule has 1 N–H and O–H groups in total. The zero-order valence-electron chi connectivity index (χ0n) is 18.4. The molecule has 3 rings (SSSR count). The van der Waals surface area contributed by atoms with E-state index in [9.17, 15) is 9.59 Å². The first-order valence-corrected chi connectivity index (χ1v) is 11.0. The number of para-hydroxylation sites is 2. The molecule has 2 aromatic heterocycles. The lowest BCUT2D eigenvalue weighted by Crippen LogP contribution is -2.35. The lowest BCUT2D eigenvalue weighted by atomic mass is 10.2. The third-order valence-corrected chi connectivity index (χ3v) is 5.17. The minimum absolute atomic E-state index is 0.110. The van der Waals surface area contributed by atoms with E-state index >= 15 is 0 Å². The van der Waals surface area contributed by atoms with Crippen molar-refractivity contribution >= 4 is 22.8 Å². The predicted octanol–water partition coefficient (Wildman–Crippen LogP) is 3.44. The highest BCUT2D eigenvalue weighted by atomic mass is 16.2. The van der Waals surface area contributed by atoms with Crippen LogP contribution in [0.3, 0.4) is 0 Å². The van der Waals surface area contributed by atoms with Crippen LogP contribution in [0.5, 0.6) is 0 Å². The maximum atomic E-state index is 13.0. The normalized spacial score (nSPS) is 10.9. The van der Waals surface area contributed by atoms with Gasteiger partial charge in [-0.25, -0.2) is 4.98 Å². The smallest absolute Gasteiger partial charge is 0.251 e. The second kappa shape index (κ2) is 11.2. The molecule has 31 heavy (non-hydrogen) atoms. The van der Waals surface area contributed by atoms with Gasteiger partial charge in [-0.15, -0.1) is 0 Å². The molecule has 0 aliphatic carbocycles. The molecule has 0 aliphatic heterocycles. The summed E-state index contributed by atoms with van der Waals surface area (Å²) >= 11 is 0. The number of amides is 2. The average Bonchev–Trinajstić information content (AvgIpc) is 3.14. The number of fused-ring (bicyclic) bond motifs is 1. The summed E-state index contributed by atoms with van der Waals surface area (Å²) in [5.74, 6) is 0.889. The van der Waals surface area contributed by atoms with Crippen molar-refractivity contribution in [2.45, 2.75) is 46.1 Å². The SMILES string of the molecule is CCCN(CCC)C(=O)Cn1c(CCCNC(=O)c2ccncc2)nc2ccccc21. The number of nitrogens with zero attached hydrogens (tertiary/aromatic N) is 4. The molecule has 0 radical (unpaired) electrons. The van der Waals surface area contributed by atoms with Gasteiger partial charge in [-0.1, -0.05) is 26.0 Å². The highest BCUT2D eigenvalue weighted by Gasteiger charge is 2.17. The Morgan fingerprint density at radius 2 is 1.74 bits per heavy atom. The van der Waals surface area contributed by atoms with E-state index in [-0.39, 0.29) is 11.8 Å². The van der Waals surface area contributed by atoms with Crippen molar-refractivity contribution < 1.29 is 9.59 Å². The molecule has 2 amide bonds. The van der Waals surface area contributed by atoms with Gasteiger partial charge < -0.3 is 14.8 Å². The van der Waals surface area contributed by atoms with E-state index in [1.54, 1.807) is 24.5 Å².